The van der Waals surface area contributed by atoms with E-state index in [1.54, 1.807) is 0 Å². The van der Waals surface area contributed by atoms with Crippen LogP contribution < -0.4 is 5.32 Å². The normalized spacial score (nSPS) is 12.1. The van der Waals surface area contributed by atoms with Crippen LogP contribution in [0.25, 0.3) is 0 Å². The molecule has 1 aromatic carbocycles. The summed E-state index contributed by atoms with van der Waals surface area (Å²) in [7, 11) is 1.90. The maximum atomic E-state index is 8.93. The van der Waals surface area contributed by atoms with Crippen molar-refractivity contribution < 1.29 is 0 Å². The summed E-state index contributed by atoms with van der Waals surface area (Å²) in [5.41, 5.74) is 4.45. The number of hydrogen-bond donors (Lipinski definition) is 1. The zero-order chi connectivity index (χ0) is 13.8. The van der Waals surface area contributed by atoms with Crippen LogP contribution in [0.3, 0.4) is 0 Å². The quantitative estimate of drug-likeness (QED) is 0.909. The molecule has 0 radical (unpaired) electrons. The summed E-state index contributed by atoms with van der Waals surface area (Å²) >= 11 is 0. The molecule has 2 rings (SSSR count). The molecule has 0 aliphatic heterocycles. The second-order valence-electron chi connectivity index (χ2n) is 4.92. The smallest absolute Gasteiger partial charge is 0.120 e. The summed E-state index contributed by atoms with van der Waals surface area (Å²) in [5.74, 6) is 0. The summed E-state index contributed by atoms with van der Waals surface area (Å²) in [5, 5.41) is 12.4. The molecule has 0 spiro atoms. The van der Waals surface area contributed by atoms with Gasteiger partial charge in [-0.3, -0.25) is 0 Å². The molecule has 1 heterocycles. The van der Waals surface area contributed by atoms with E-state index in [4.69, 9.17) is 5.26 Å². The summed E-state index contributed by atoms with van der Waals surface area (Å²) in [4.78, 5) is 0. The first-order valence-corrected chi connectivity index (χ1v) is 6.46. The second-order valence-corrected chi connectivity index (χ2v) is 4.92. The molecular weight excluding hydrogens is 234 g/mol. The molecule has 1 aromatic heterocycles. The zero-order valence-corrected chi connectivity index (χ0v) is 11.6. The number of hydrogen-bond acceptors (Lipinski definition) is 2. The highest BCUT2D eigenvalue weighted by Crippen LogP contribution is 2.17. The molecule has 3 nitrogen and oxygen atoms in total. The van der Waals surface area contributed by atoms with Crippen molar-refractivity contribution in [3.8, 4) is 6.07 Å². The fraction of sp³-hybridized carbons (Fsp3) is 0.312. The van der Waals surface area contributed by atoms with E-state index in [-0.39, 0.29) is 0 Å². The zero-order valence-electron chi connectivity index (χ0n) is 11.6. The van der Waals surface area contributed by atoms with Crippen LogP contribution >= 0.6 is 0 Å². The molecule has 2 aromatic rings. The monoisotopic (exact) mass is 253 g/mol. The predicted molar refractivity (Wildman–Crippen MR) is 76.6 cm³/mol. The van der Waals surface area contributed by atoms with Gasteiger partial charge in [-0.2, -0.15) is 5.26 Å². The molecule has 0 fully saturated rings. The van der Waals surface area contributed by atoms with E-state index in [2.05, 4.69) is 49.5 Å². The van der Waals surface area contributed by atoms with Gasteiger partial charge in [0.2, 0.25) is 0 Å². The highest BCUT2D eigenvalue weighted by atomic mass is 14.9. The largest absolute Gasteiger partial charge is 0.342 e. The number of nitriles is 1. The van der Waals surface area contributed by atoms with Gasteiger partial charge in [-0.05, 0) is 36.6 Å². The molecule has 0 aliphatic carbocycles. The maximum Gasteiger partial charge on any atom is 0.120 e. The third-order valence-corrected chi connectivity index (χ3v) is 3.44. The number of aryl methyl sites for hydroxylation is 2. The first-order valence-electron chi connectivity index (χ1n) is 6.46. The number of nitrogens with one attached hydrogen (secondary N) is 1. The van der Waals surface area contributed by atoms with Gasteiger partial charge < -0.3 is 9.88 Å². The highest BCUT2D eigenvalue weighted by molar-refractivity contribution is 5.30. The van der Waals surface area contributed by atoms with Gasteiger partial charge in [0, 0.05) is 25.8 Å². The van der Waals surface area contributed by atoms with E-state index < -0.39 is 0 Å². The molecule has 1 atom stereocenters. The number of benzene rings is 1. The molecule has 98 valence electrons. The number of rotatable bonds is 4. The van der Waals surface area contributed by atoms with Crippen LogP contribution in [-0.4, -0.2) is 4.57 Å². The molecule has 0 bridgehead atoms. The Kier molecular flexibility index (Phi) is 4.03. The van der Waals surface area contributed by atoms with Crippen LogP contribution in [0.4, 0.5) is 0 Å². The topological polar surface area (TPSA) is 40.8 Å². The van der Waals surface area contributed by atoms with E-state index in [1.807, 2.05) is 23.9 Å². The lowest BCUT2D eigenvalue weighted by atomic mass is 10.0. The molecule has 0 amide bonds. The lowest BCUT2D eigenvalue weighted by molar-refractivity contribution is 0.572. The minimum Gasteiger partial charge on any atom is -0.342 e. The Bertz CT molecular complexity index is 605. The van der Waals surface area contributed by atoms with Crippen LogP contribution in [0, 0.1) is 18.3 Å². The molecule has 1 N–H and O–H groups in total. The Morgan fingerprint density at radius 2 is 2.11 bits per heavy atom. The second kappa shape index (κ2) is 5.73. The molecule has 0 aliphatic rings. The predicted octanol–water partition coefficient (Wildman–Crippen LogP) is 3.06. The Morgan fingerprint density at radius 3 is 2.74 bits per heavy atom. The average Bonchev–Trinajstić information content (AvgIpc) is 2.77. The first kappa shape index (κ1) is 13.4. The SMILES string of the molecule is Cc1ccccc1[C@H](C)NCc1cc(C#N)n(C)c1. The van der Waals surface area contributed by atoms with E-state index in [0.717, 1.165) is 12.1 Å². The number of nitrogens with zero attached hydrogens (tertiary/aromatic N) is 2. The van der Waals surface area contributed by atoms with Gasteiger partial charge in [0.1, 0.15) is 11.8 Å². The molecule has 0 saturated heterocycles. The average molecular weight is 253 g/mol. The Morgan fingerprint density at radius 1 is 1.37 bits per heavy atom. The van der Waals surface area contributed by atoms with E-state index in [9.17, 15) is 0 Å². The van der Waals surface area contributed by atoms with E-state index in [1.165, 1.54) is 11.1 Å². The van der Waals surface area contributed by atoms with Gasteiger partial charge in [0.25, 0.3) is 0 Å². The maximum absolute atomic E-state index is 8.93. The highest BCUT2D eigenvalue weighted by Gasteiger charge is 2.08. The van der Waals surface area contributed by atoms with Crippen molar-refractivity contribution in [3.05, 3.63) is 58.9 Å². The lowest BCUT2D eigenvalue weighted by Crippen LogP contribution is -2.18. The van der Waals surface area contributed by atoms with Crippen molar-refractivity contribution >= 4 is 0 Å². The van der Waals surface area contributed by atoms with Crippen molar-refractivity contribution in [1.82, 2.24) is 9.88 Å². The Balaban J connectivity index is 2.03. The van der Waals surface area contributed by atoms with Crippen molar-refractivity contribution in [3.63, 3.8) is 0 Å². The summed E-state index contributed by atoms with van der Waals surface area (Å²) < 4.78 is 1.86. The summed E-state index contributed by atoms with van der Waals surface area (Å²) in [6.45, 7) is 5.06. The van der Waals surface area contributed by atoms with Gasteiger partial charge in [-0.25, -0.2) is 0 Å². The van der Waals surface area contributed by atoms with Gasteiger partial charge in [0.15, 0.2) is 0 Å². The first-order chi connectivity index (χ1) is 9.11. The third kappa shape index (κ3) is 3.04. The number of aromatic nitrogens is 1. The van der Waals surface area contributed by atoms with Gasteiger partial charge >= 0.3 is 0 Å². The third-order valence-electron chi connectivity index (χ3n) is 3.44. The van der Waals surface area contributed by atoms with Crippen LogP contribution in [0.2, 0.25) is 0 Å². The molecule has 3 heteroatoms. The minimum atomic E-state index is 0.298. The van der Waals surface area contributed by atoms with Crippen LogP contribution in [0.15, 0.2) is 36.5 Å². The lowest BCUT2D eigenvalue weighted by Gasteiger charge is -2.16. The van der Waals surface area contributed by atoms with Crippen LogP contribution in [0.5, 0.6) is 0 Å². The van der Waals surface area contributed by atoms with Crippen molar-refractivity contribution in [1.29, 1.82) is 5.26 Å². The molecule has 0 unspecified atom stereocenters. The van der Waals surface area contributed by atoms with Gasteiger partial charge in [-0.15, -0.1) is 0 Å². The fourth-order valence-corrected chi connectivity index (χ4v) is 2.29. The summed E-state index contributed by atoms with van der Waals surface area (Å²) in [6.07, 6.45) is 2.00. The molecule has 19 heavy (non-hydrogen) atoms. The Labute approximate surface area is 114 Å². The fourth-order valence-electron chi connectivity index (χ4n) is 2.29. The van der Waals surface area contributed by atoms with Crippen molar-refractivity contribution in [2.24, 2.45) is 7.05 Å². The van der Waals surface area contributed by atoms with Crippen molar-refractivity contribution in [2.45, 2.75) is 26.4 Å². The Hall–Kier alpha value is -2.05. The summed E-state index contributed by atoms with van der Waals surface area (Å²) in [6, 6.07) is 12.8. The van der Waals surface area contributed by atoms with Gasteiger partial charge in [-0.1, -0.05) is 24.3 Å². The minimum absolute atomic E-state index is 0.298. The van der Waals surface area contributed by atoms with Gasteiger partial charge in [0.05, 0.1) is 0 Å². The van der Waals surface area contributed by atoms with Crippen molar-refractivity contribution in [2.75, 3.05) is 0 Å². The van der Waals surface area contributed by atoms with E-state index >= 15 is 0 Å². The molecule has 0 saturated carbocycles. The standard InChI is InChI=1S/C16H19N3/c1-12-6-4-5-7-16(12)13(2)18-10-14-8-15(9-17)19(3)11-14/h4-8,11,13,18H,10H2,1-3H3/t13-/m0/s1. The van der Waals surface area contributed by atoms with Crippen LogP contribution in [0.1, 0.15) is 35.3 Å². The van der Waals surface area contributed by atoms with E-state index in [0.29, 0.717) is 11.7 Å². The molecular formula is C16H19N3. The van der Waals surface area contributed by atoms with Crippen LogP contribution in [-0.2, 0) is 13.6 Å².